The van der Waals surface area contributed by atoms with Crippen LogP contribution in [0.15, 0.2) is 24.5 Å². The van der Waals surface area contributed by atoms with Gasteiger partial charge in [-0.25, -0.2) is 9.97 Å². The molecule has 0 N–H and O–H groups in total. The van der Waals surface area contributed by atoms with Gasteiger partial charge in [-0.1, -0.05) is 35.3 Å². The van der Waals surface area contributed by atoms with Crippen LogP contribution < -0.4 is 5.46 Å². The van der Waals surface area contributed by atoms with Crippen LogP contribution in [0.3, 0.4) is 0 Å². The highest BCUT2D eigenvalue weighted by atomic mass is 35.5. The summed E-state index contributed by atoms with van der Waals surface area (Å²) in [6, 6.07) is 5.89. The normalized spacial score (nSPS) is 13.1. The SMILES string of the molecule is [B]c1ccc2c(c1)CCc1ncnc(Cl)c1-2. The third-order valence-corrected chi connectivity index (χ3v) is 3.20. The molecule has 1 aromatic heterocycles. The molecule has 0 bridgehead atoms. The molecule has 16 heavy (non-hydrogen) atoms. The maximum Gasteiger partial charge on any atom is 0.140 e. The molecular formula is C12H8BClN2. The van der Waals surface area contributed by atoms with E-state index in [2.05, 4.69) is 9.97 Å². The van der Waals surface area contributed by atoms with E-state index in [0.717, 1.165) is 35.1 Å². The molecule has 3 rings (SSSR count). The monoisotopic (exact) mass is 226 g/mol. The first-order valence-corrected chi connectivity index (χ1v) is 5.51. The molecule has 0 unspecified atom stereocenters. The third kappa shape index (κ3) is 1.43. The Kier molecular flexibility index (Phi) is 2.21. The van der Waals surface area contributed by atoms with Gasteiger partial charge in [0.25, 0.3) is 0 Å². The van der Waals surface area contributed by atoms with Gasteiger partial charge in [0.1, 0.15) is 19.3 Å². The molecular weight excluding hydrogens is 218 g/mol. The van der Waals surface area contributed by atoms with Crippen LogP contribution in [0.2, 0.25) is 5.15 Å². The van der Waals surface area contributed by atoms with Crippen molar-refractivity contribution in [1.82, 2.24) is 9.97 Å². The van der Waals surface area contributed by atoms with Gasteiger partial charge >= 0.3 is 0 Å². The van der Waals surface area contributed by atoms with Crippen molar-refractivity contribution in [3.05, 3.63) is 40.9 Å². The first-order chi connectivity index (χ1) is 7.75. The number of aromatic nitrogens is 2. The molecule has 0 amide bonds. The minimum absolute atomic E-state index is 0.524. The number of aryl methyl sites for hydroxylation is 2. The Hall–Kier alpha value is -1.35. The highest BCUT2D eigenvalue weighted by molar-refractivity contribution is 6.33. The van der Waals surface area contributed by atoms with Crippen molar-refractivity contribution in [2.75, 3.05) is 0 Å². The largest absolute Gasteiger partial charge is 0.241 e. The Morgan fingerprint density at radius 1 is 1.19 bits per heavy atom. The van der Waals surface area contributed by atoms with Crippen molar-refractivity contribution < 1.29 is 0 Å². The molecule has 1 aliphatic rings. The summed E-state index contributed by atoms with van der Waals surface area (Å²) >= 11 is 6.13. The number of fused-ring (bicyclic) bond motifs is 3. The molecule has 0 fully saturated rings. The molecule has 1 heterocycles. The molecule has 2 aromatic rings. The minimum atomic E-state index is 0.524. The van der Waals surface area contributed by atoms with Crippen LogP contribution in [-0.2, 0) is 12.8 Å². The average molecular weight is 226 g/mol. The van der Waals surface area contributed by atoms with E-state index in [9.17, 15) is 0 Å². The smallest absolute Gasteiger partial charge is 0.140 e. The van der Waals surface area contributed by atoms with Crippen LogP contribution in [0, 0.1) is 0 Å². The zero-order chi connectivity index (χ0) is 11.1. The van der Waals surface area contributed by atoms with Gasteiger partial charge in [0.05, 0.1) is 5.69 Å². The van der Waals surface area contributed by atoms with E-state index in [1.54, 1.807) is 0 Å². The lowest BCUT2D eigenvalue weighted by Gasteiger charge is -2.19. The molecule has 76 valence electrons. The molecule has 1 aromatic carbocycles. The molecule has 0 saturated heterocycles. The van der Waals surface area contributed by atoms with E-state index in [4.69, 9.17) is 19.4 Å². The van der Waals surface area contributed by atoms with Crippen LogP contribution in [0.5, 0.6) is 0 Å². The zero-order valence-electron chi connectivity index (χ0n) is 8.57. The molecule has 0 spiro atoms. The molecule has 0 aliphatic heterocycles. The van der Waals surface area contributed by atoms with Gasteiger partial charge in [0, 0.05) is 5.56 Å². The second-order valence-corrected chi connectivity index (χ2v) is 4.26. The topological polar surface area (TPSA) is 25.8 Å². The van der Waals surface area contributed by atoms with Crippen molar-refractivity contribution in [2.45, 2.75) is 12.8 Å². The van der Waals surface area contributed by atoms with Crippen molar-refractivity contribution >= 4 is 24.9 Å². The summed E-state index contributed by atoms with van der Waals surface area (Å²) in [6.07, 6.45) is 3.37. The predicted molar refractivity (Wildman–Crippen MR) is 65.3 cm³/mol. The fourth-order valence-corrected chi connectivity index (χ4v) is 2.43. The van der Waals surface area contributed by atoms with Gasteiger partial charge in [-0.3, -0.25) is 0 Å². The number of rotatable bonds is 0. The molecule has 4 heteroatoms. The number of hydrogen-bond donors (Lipinski definition) is 0. The number of halogens is 1. The summed E-state index contributed by atoms with van der Waals surface area (Å²) in [7, 11) is 5.78. The summed E-state index contributed by atoms with van der Waals surface area (Å²) in [5.41, 5.74) is 5.11. The summed E-state index contributed by atoms with van der Waals surface area (Å²) in [4.78, 5) is 8.31. The van der Waals surface area contributed by atoms with Crippen LogP contribution in [0.25, 0.3) is 11.1 Å². The Labute approximate surface area is 100 Å². The van der Waals surface area contributed by atoms with Crippen molar-refractivity contribution in [3.8, 4) is 11.1 Å². The lowest BCUT2D eigenvalue weighted by Crippen LogP contribution is -2.11. The second kappa shape index (κ2) is 3.60. The van der Waals surface area contributed by atoms with Gasteiger partial charge in [-0.05, 0) is 24.0 Å². The molecule has 1 aliphatic carbocycles. The Balaban J connectivity index is 2.30. The summed E-state index contributed by atoms with van der Waals surface area (Å²) < 4.78 is 0. The highest BCUT2D eigenvalue weighted by Crippen LogP contribution is 2.35. The Morgan fingerprint density at radius 2 is 2.06 bits per heavy atom. The molecule has 2 radical (unpaired) electrons. The van der Waals surface area contributed by atoms with Crippen LogP contribution in [-0.4, -0.2) is 17.8 Å². The van der Waals surface area contributed by atoms with E-state index in [1.165, 1.54) is 11.9 Å². The number of hydrogen-bond acceptors (Lipinski definition) is 2. The van der Waals surface area contributed by atoms with Crippen molar-refractivity contribution in [3.63, 3.8) is 0 Å². The van der Waals surface area contributed by atoms with Gasteiger partial charge in [-0.15, -0.1) is 0 Å². The molecule has 0 atom stereocenters. The van der Waals surface area contributed by atoms with E-state index in [0.29, 0.717) is 5.15 Å². The first-order valence-electron chi connectivity index (χ1n) is 5.14. The average Bonchev–Trinajstić information content (AvgIpc) is 2.29. The van der Waals surface area contributed by atoms with Crippen LogP contribution in [0.4, 0.5) is 0 Å². The highest BCUT2D eigenvalue weighted by Gasteiger charge is 2.19. The maximum absolute atomic E-state index is 6.13. The van der Waals surface area contributed by atoms with E-state index in [-0.39, 0.29) is 0 Å². The van der Waals surface area contributed by atoms with Gasteiger partial charge in [-0.2, -0.15) is 0 Å². The van der Waals surface area contributed by atoms with E-state index in [1.807, 2.05) is 18.2 Å². The van der Waals surface area contributed by atoms with Crippen molar-refractivity contribution in [2.24, 2.45) is 0 Å². The number of nitrogens with zero attached hydrogens (tertiary/aromatic N) is 2. The lowest BCUT2D eigenvalue weighted by atomic mass is 9.84. The second-order valence-electron chi connectivity index (χ2n) is 3.90. The van der Waals surface area contributed by atoms with Crippen molar-refractivity contribution in [1.29, 1.82) is 0 Å². The summed E-state index contributed by atoms with van der Waals surface area (Å²) in [5, 5.41) is 0.524. The van der Waals surface area contributed by atoms with E-state index < -0.39 is 0 Å². The molecule has 0 saturated carbocycles. The fraction of sp³-hybridized carbons (Fsp3) is 0.167. The fourth-order valence-electron chi connectivity index (χ4n) is 2.17. The standard InChI is InChI=1S/C12H8BClN2/c13-8-2-3-9-7(5-8)1-4-10-11(9)12(14)16-6-15-10/h2-3,5-6H,1,4H2. The predicted octanol–water partition coefficient (Wildman–Crippen LogP) is 1.69. The van der Waals surface area contributed by atoms with Gasteiger partial charge in [0.15, 0.2) is 0 Å². The van der Waals surface area contributed by atoms with Gasteiger partial charge in [0.2, 0.25) is 0 Å². The van der Waals surface area contributed by atoms with E-state index >= 15 is 0 Å². The Bertz CT molecular complexity index is 569. The van der Waals surface area contributed by atoms with Gasteiger partial charge < -0.3 is 0 Å². The maximum atomic E-state index is 6.13. The zero-order valence-corrected chi connectivity index (χ0v) is 9.33. The van der Waals surface area contributed by atoms with Crippen LogP contribution in [0.1, 0.15) is 11.3 Å². The lowest BCUT2D eigenvalue weighted by molar-refractivity contribution is 0.884. The minimum Gasteiger partial charge on any atom is -0.241 e. The Morgan fingerprint density at radius 3 is 2.94 bits per heavy atom. The molecule has 2 nitrogen and oxygen atoms in total. The third-order valence-electron chi connectivity index (χ3n) is 2.91. The first kappa shape index (κ1) is 9.85. The van der Waals surface area contributed by atoms with Crippen LogP contribution >= 0.6 is 11.6 Å². The summed E-state index contributed by atoms with van der Waals surface area (Å²) in [6.45, 7) is 0. The quantitative estimate of drug-likeness (QED) is 0.505. The summed E-state index contributed by atoms with van der Waals surface area (Å²) in [5.74, 6) is 0. The number of benzene rings is 1.